The predicted octanol–water partition coefficient (Wildman–Crippen LogP) is 0.822. The van der Waals surface area contributed by atoms with E-state index in [2.05, 4.69) is 4.90 Å². The van der Waals surface area contributed by atoms with Crippen LogP contribution in [0.5, 0.6) is 5.75 Å². The summed E-state index contributed by atoms with van der Waals surface area (Å²) in [6.07, 6.45) is 0. The van der Waals surface area contributed by atoms with E-state index in [1.165, 1.54) is 0 Å². The Morgan fingerprint density at radius 3 is 2.45 bits per heavy atom. The van der Waals surface area contributed by atoms with Gasteiger partial charge in [0, 0.05) is 44.3 Å². The number of nitrogens with two attached hydrogens (primary N) is 1. The minimum atomic E-state index is 0.0207. The molecule has 1 amide bonds. The molecule has 1 aromatic carbocycles. The minimum absolute atomic E-state index is 0.0207. The van der Waals surface area contributed by atoms with Gasteiger partial charge in [-0.1, -0.05) is 11.6 Å². The first-order valence-electron chi connectivity index (χ1n) is 6.77. The Bertz CT molecular complexity index is 431. The Morgan fingerprint density at radius 2 is 1.85 bits per heavy atom. The van der Waals surface area contributed by atoms with Gasteiger partial charge in [-0.05, 0) is 24.3 Å². The van der Waals surface area contributed by atoms with Crippen molar-refractivity contribution >= 4 is 17.5 Å². The Labute approximate surface area is 124 Å². The van der Waals surface area contributed by atoms with Crippen molar-refractivity contribution in [1.82, 2.24) is 9.80 Å². The Morgan fingerprint density at radius 1 is 1.20 bits per heavy atom. The molecule has 110 valence electrons. The van der Waals surface area contributed by atoms with Gasteiger partial charge in [-0.15, -0.1) is 0 Å². The summed E-state index contributed by atoms with van der Waals surface area (Å²) in [5, 5.41) is 0.653. The summed E-state index contributed by atoms with van der Waals surface area (Å²) < 4.78 is 5.47. The van der Waals surface area contributed by atoms with E-state index in [1.807, 2.05) is 4.90 Å². The Kier molecular flexibility index (Phi) is 5.64. The lowest BCUT2D eigenvalue weighted by molar-refractivity contribution is -0.135. The number of benzene rings is 1. The molecule has 0 radical (unpaired) electrons. The second kappa shape index (κ2) is 7.47. The highest BCUT2D eigenvalue weighted by Crippen LogP contribution is 2.15. The van der Waals surface area contributed by atoms with Crippen LogP contribution in [0.1, 0.15) is 0 Å². The maximum absolute atomic E-state index is 12.0. The molecule has 1 fully saturated rings. The van der Waals surface area contributed by atoms with Crippen LogP contribution in [0.3, 0.4) is 0 Å². The van der Waals surface area contributed by atoms with Gasteiger partial charge in [0.15, 0.2) is 6.61 Å². The molecule has 0 saturated carbocycles. The summed E-state index contributed by atoms with van der Waals surface area (Å²) in [6, 6.07) is 7.00. The number of rotatable bonds is 5. The fraction of sp³-hybridized carbons (Fsp3) is 0.500. The number of hydrogen-bond acceptors (Lipinski definition) is 4. The van der Waals surface area contributed by atoms with Crippen LogP contribution in [0, 0.1) is 0 Å². The highest BCUT2D eigenvalue weighted by atomic mass is 35.5. The van der Waals surface area contributed by atoms with Crippen LogP contribution >= 0.6 is 11.6 Å². The van der Waals surface area contributed by atoms with Crippen LogP contribution in [0.4, 0.5) is 0 Å². The highest BCUT2D eigenvalue weighted by molar-refractivity contribution is 6.30. The Hall–Kier alpha value is -1.30. The van der Waals surface area contributed by atoms with Crippen molar-refractivity contribution < 1.29 is 9.53 Å². The molecule has 0 aliphatic carbocycles. The molecule has 0 aromatic heterocycles. The zero-order valence-corrected chi connectivity index (χ0v) is 12.2. The number of hydrogen-bond donors (Lipinski definition) is 1. The molecule has 1 aromatic rings. The lowest BCUT2D eigenvalue weighted by Gasteiger charge is -2.34. The van der Waals surface area contributed by atoms with Gasteiger partial charge in [0.1, 0.15) is 5.75 Å². The Balaban J connectivity index is 1.74. The normalized spacial score (nSPS) is 16.2. The molecule has 2 N–H and O–H groups in total. The number of carbonyl (C=O) groups excluding carboxylic acids is 1. The highest BCUT2D eigenvalue weighted by Gasteiger charge is 2.20. The zero-order chi connectivity index (χ0) is 14.4. The average Bonchev–Trinajstić information content (AvgIpc) is 2.47. The largest absolute Gasteiger partial charge is 0.484 e. The van der Waals surface area contributed by atoms with E-state index in [0.717, 1.165) is 32.7 Å². The summed E-state index contributed by atoms with van der Waals surface area (Å²) in [6.45, 7) is 4.86. The van der Waals surface area contributed by atoms with Gasteiger partial charge in [0.2, 0.25) is 0 Å². The van der Waals surface area contributed by atoms with Crippen LogP contribution in [-0.2, 0) is 4.79 Å². The summed E-state index contributed by atoms with van der Waals surface area (Å²) in [7, 11) is 0. The number of amides is 1. The van der Waals surface area contributed by atoms with Crippen LogP contribution < -0.4 is 10.5 Å². The first kappa shape index (κ1) is 15.1. The summed E-state index contributed by atoms with van der Waals surface area (Å²) in [4.78, 5) is 16.1. The van der Waals surface area contributed by atoms with Gasteiger partial charge in [0.05, 0.1) is 0 Å². The second-order valence-electron chi connectivity index (χ2n) is 4.75. The van der Waals surface area contributed by atoms with E-state index in [4.69, 9.17) is 22.1 Å². The molecule has 1 aliphatic heterocycles. The third kappa shape index (κ3) is 4.37. The van der Waals surface area contributed by atoms with Crippen LogP contribution in [0.15, 0.2) is 24.3 Å². The molecule has 0 bridgehead atoms. The van der Waals surface area contributed by atoms with Gasteiger partial charge in [-0.25, -0.2) is 0 Å². The quantitative estimate of drug-likeness (QED) is 0.874. The van der Waals surface area contributed by atoms with Gasteiger partial charge < -0.3 is 15.4 Å². The van der Waals surface area contributed by atoms with E-state index in [1.54, 1.807) is 24.3 Å². The molecule has 6 heteroatoms. The lowest BCUT2D eigenvalue weighted by atomic mass is 10.3. The molecule has 0 spiro atoms. The summed E-state index contributed by atoms with van der Waals surface area (Å²) in [5.41, 5.74) is 5.52. The number of ether oxygens (including phenoxy) is 1. The third-order valence-corrected chi connectivity index (χ3v) is 3.60. The first-order chi connectivity index (χ1) is 9.69. The van der Waals surface area contributed by atoms with Crippen LogP contribution in [0.2, 0.25) is 5.02 Å². The van der Waals surface area contributed by atoms with Crippen molar-refractivity contribution in [3.05, 3.63) is 29.3 Å². The number of halogens is 1. The second-order valence-corrected chi connectivity index (χ2v) is 5.19. The standard InChI is InChI=1S/C14H20ClN3O2/c15-12-1-3-13(4-2-12)20-11-14(19)18-9-7-17(6-5-16)8-10-18/h1-4H,5-11,16H2. The number of nitrogens with zero attached hydrogens (tertiary/aromatic N) is 2. The SMILES string of the molecule is NCCN1CCN(C(=O)COc2ccc(Cl)cc2)CC1. The maximum Gasteiger partial charge on any atom is 0.260 e. The molecule has 1 saturated heterocycles. The number of carbonyl (C=O) groups is 1. The van der Waals surface area contributed by atoms with Gasteiger partial charge in [-0.3, -0.25) is 9.69 Å². The molecular weight excluding hydrogens is 278 g/mol. The monoisotopic (exact) mass is 297 g/mol. The molecule has 20 heavy (non-hydrogen) atoms. The maximum atomic E-state index is 12.0. The molecular formula is C14H20ClN3O2. The van der Waals surface area contributed by atoms with E-state index in [-0.39, 0.29) is 12.5 Å². The molecule has 0 unspecified atom stereocenters. The summed E-state index contributed by atoms with van der Waals surface area (Å²) in [5.74, 6) is 0.678. The minimum Gasteiger partial charge on any atom is -0.484 e. The van der Waals surface area contributed by atoms with Crippen molar-refractivity contribution in [3.8, 4) is 5.75 Å². The molecule has 2 rings (SSSR count). The van der Waals surface area contributed by atoms with Crippen molar-refractivity contribution in [3.63, 3.8) is 0 Å². The number of piperazine rings is 1. The zero-order valence-electron chi connectivity index (χ0n) is 11.4. The first-order valence-corrected chi connectivity index (χ1v) is 7.15. The van der Waals surface area contributed by atoms with E-state index in [9.17, 15) is 4.79 Å². The topological polar surface area (TPSA) is 58.8 Å². The molecule has 0 atom stereocenters. The third-order valence-electron chi connectivity index (χ3n) is 3.35. The molecule has 5 nitrogen and oxygen atoms in total. The van der Waals surface area contributed by atoms with E-state index >= 15 is 0 Å². The molecule has 1 heterocycles. The smallest absolute Gasteiger partial charge is 0.260 e. The van der Waals surface area contributed by atoms with Gasteiger partial charge in [0.25, 0.3) is 5.91 Å². The average molecular weight is 298 g/mol. The van der Waals surface area contributed by atoms with Crippen LogP contribution in [-0.4, -0.2) is 61.6 Å². The predicted molar refractivity (Wildman–Crippen MR) is 79.0 cm³/mol. The summed E-state index contributed by atoms with van der Waals surface area (Å²) >= 11 is 5.79. The van der Waals surface area contributed by atoms with Crippen LogP contribution in [0.25, 0.3) is 0 Å². The van der Waals surface area contributed by atoms with Crippen molar-refractivity contribution in [2.24, 2.45) is 5.73 Å². The fourth-order valence-corrected chi connectivity index (χ4v) is 2.30. The van der Waals surface area contributed by atoms with Crippen molar-refractivity contribution in [1.29, 1.82) is 0 Å². The van der Waals surface area contributed by atoms with Crippen molar-refractivity contribution in [2.45, 2.75) is 0 Å². The fourth-order valence-electron chi connectivity index (χ4n) is 2.17. The van der Waals surface area contributed by atoms with Crippen molar-refractivity contribution in [2.75, 3.05) is 45.9 Å². The van der Waals surface area contributed by atoms with E-state index in [0.29, 0.717) is 17.3 Å². The lowest BCUT2D eigenvalue weighted by Crippen LogP contribution is -2.50. The van der Waals surface area contributed by atoms with E-state index < -0.39 is 0 Å². The molecule has 1 aliphatic rings. The van der Waals surface area contributed by atoms with Gasteiger partial charge >= 0.3 is 0 Å². The van der Waals surface area contributed by atoms with Gasteiger partial charge in [-0.2, -0.15) is 0 Å².